The fourth-order valence-electron chi connectivity index (χ4n) is 5.54. The van der Waals surface area contributed by atoms with Crippen molar-refractivity contribution in [2.75, 3.05) is 6.54 Å². The van der Waals surface area contributed by atoms with Crippen molar-refractivity contribution in [3.05, 3.63) is 88.5 Å². The second kappa shape index (κ2) is 9.72. The average Bonchev–Trinajstić information content (AvgIpc) is 3.42. The van der Waals surface area contributed by atoms with Crippen LogP contribution in [0.25, 0.3) is 5.69 Å². The molecule has 2 aromatic heterocycles. The molecule has 4 aromatic rings. The highest BCUT2D eigenvalue weighted by Crippen LogP contribution is 2.55. The van der Waals surface area contributed by atoms with E-state index in [4.69, 9.17) is 4.74 Å². The molecule has 1 fully saturated rings. The van der Waals surface area contributed by atoms with E-state index in [9.17, 15) is 9.90 Å². The normalized spacial score (nSPS) is 21.0. The number of nitrogens with zero attached hydrogens (tertiary/aromatic N) is 6. The van der Waals surface area contributed by atoms with Gasteiger partial charge in [0.25, 0.3) is 0 Å². The molecule has 3 heterocycles. The molecule has 1 aliphatic carbocycles. The molecule has 196 valence electrons. The van der Waals surface area contributed by atoms with Gasteiger partial charge in [0.15, 0.2) is 0 Å². The minimum Gasteiger partial charge on any atom is -0.489 e. The average molecular weight is 513 g/mol. The van der Waals surface area contributed by atoms with Gasteiger partial charge in [-0.25, -0.2) is 9.48 Å². The molecule has 6 rings (SSSR count). The van der Waals surface area contributed by atoms with Crippen LogP contribution < -0.4 is 4.74 Å². The van der Waals surface area contributed by atoms with Crippen LogP contribution in [-0.2, 0) is 20.1 Å². The van der Waals surface area contributed by atoms with Crippen molar-refractivity contribution in [3.8, 4) is 11.4 Å². The van der Waals surface area contributed by atoms with E-state index >= 15 is 0 Å². The largest absolute Gasteiger partial charge is 0.489 e. The number of aromatic carboxylic acids is 1. The monoisotopic (exact) mass is 512 g/mol. The maximum Gasteiger partial charge on any atom is 0.339 e. The molecule has 2 aromatic carbocycles. The Kier molecular flexibility index (Phi) is 6.23. The number of aryl methyl sites for hydroxylation is 2. The highest BCUT2D eigenvalue weighted by atomic mass is 16.5. The molecule has 0 spiro atoms. The van der Waals surface area contributed by atoms with Crippen molar-refractivity contribution in [1.29, 1.82) is 0 Å². The minimum atomic E-state index is -0.961. The number of ether oxygens (including phenoxy) is 1. The lowest BCUT2D eigenvalue weighted by atomic mass is 10.1. The van der Waals surface area contributed by atoms with Gasteiger partial charge in [0.05, 0.1) is 23.3 Å². The number of benzene rings is 2. The van der Waals surface area contributed by atoms with Gasteiger partial charge in [-0.15, -0.1) is 5.10 Å². The summed E-state index contributed by atoms with van der Waals surface area (Å²) in [6, 6.07) is 14.5. The van der Waals surface area contributed by atoms with Crippen molar-refractivity contribution in [2.24, 2.45) is 7.05 Å². The molecule has 0 radical (unpaired) electrons. The molecule has 2 aliphatic rings. The summed E-state index contributed by atoms with van der Waals surface area (Å²) in [5.74, 6) is 0.189. The molecule has 1 aliphatic heterocycles. The van der Waals surface area contributed by atoms with E-state index in [-0.39, 0.29) is 23.5 Å². The fraction of sp³-hybridized carbons (Fsp3) is 0.379. The van der Waals surface area contributed by atoms with Crippen molar-refractivity contribution in [3.63, 3.8) is 0 Å². The van der Waals surface area contributed by atoms with E-state index in [2.05, 4.69) is 64.5 Å². The number of hydrogen-bond donors (Lipinski definition) is 1. The Morgan fingerprint density at radius 3 is 2.79 bits per heavy atom. The SMILES string of the molecule is CC[C@@H]1CN(Cc2cc(-n3ncc(C(=O)O)c3[C@@H]3C[C@H]3c3cn(C)nn3)ccc2C)Cc2ccccc2O1. The molecule has 3 atom stereocenters. The molecule has 9 nitrogen and oxygen atoms in total. The number of para-hydroxylation sites is 1. The smallest absolute Gasteiger partial charge is 0.339 e. The van der Waals surface area contributed by atoms with Crippen LogP contribution >= 0.6 is 0 Å². The molecule has 38 heavy (non-hydrogen) atoms. The summed E-state index contributed by atoms with van der Waals surface area (Å²) in [6.07, 6.45) is 5.27. The van der Waals surface area contributed by atoms with Crippen molar-refractivity contribution in [1.82, 2.24) is 29.7 Å². The van der Waals surface area contributed by atoms with Crippen LogP contribution in [0.2, 0.25) is 0 Å². The van der Waals surface area contributed by atoms with Gasteiger partial charge in [-0.3, -0.25) is 9.58 Å². The molecule has 9 heteroatoms. The quantitative estimate of drug-likeness (QED) is 0.391. The van der Waals surface area contributed by atoms with E-state index in [0.29, 0.717) is 0 Å². The molecule has 0 bridgehead atoms. The summed E-state index contributed by atoms with van der Waals surface area (Å²) in [6.45, 7) is 6.70. The maximum atomic E-state index is 12.1. The number of rotatable bonds is 7. The summed E-state index contributed by atoms with van der Waals surface area (Å²) in [4.78, 5) is 14.6. The van der Waals surface area contributed by atoms with Crippen LogP contribution in [0.3, 0.4) is 0 Å². The number of hydrogen-bond acceptors (Lipinski definition) is 6. The van der Waals surface area contributed by atoms with Gasteiger partial charge < -0.3 is 9.84 Å². The lowest BCUT2D eigenvalue weighted by molar-refractivity contribution is 0.0695. The van der Waals surface area contributed by atoms with E-state index < -0.39 is 5.97 Å². The summed E-state index contributed by atoms with van der Waals surface area (Å²) < 4.78 is 9.79. The zero-order valence-corrected chi connectivity index (χ0v) is 21.9. The number of carboxylic acid groups (broad SMARTS) is 1. The Bertz CT molecular complexity index is 1490. The number of carboxylic acids is 1. The van der Waals surface area contributed by atoms with E-state index in [0.717, 1.165) is 55.3 Å². The summed E-state index contributed by atoms with van der Waals surface area (Å²) in [7, 11) is 1.84. The standard InChI is InChI=1S/C29H32N6O3/c1-4-22-16-34(14-19-7-5-6-8-27(19)38-22)15-20-11-21(10-9-18(20)2)35-28(25(13-30-35)29(36)37)24-12-23(24)26-17-33(3)32-31-26/h5-11,13,17,22-24H,4,12,14-16H2,1-3H3,(H,36,37)/t22-,23-,24-/m1/s1. The predicted octanol–water partition coefficient (Wildman–Crippen LogP) is 4.45. The Labute approximate surface area is 221 Å². The predicted molar refractivity (Wildman–Crippen MR) is 142 cm³/mol. The van der Waals surface area contributed by atoms with Crippen molar-refractivity contribution < 1.29 is 14.6 Å². The Morgan fingerprint density at radius 2 is 2.03 bits per heavy atom. The molecule has 0 unspecified atom stereocenters. The van der Waals surface area contributed by atoms with E-state index in [1.54, 1.807) is 4.68 Å². The molecular weight excluding hydrogens is 480 g/mol. The molecule has 1 saturated carbocycles. The van der Waals surface area contributed by atoms with Crippen molar-refractivity contribution >= 4 is 5.97 Å². The first-order valence-electron chi connectivity index (χ1n) is 13.2. The van der Waals surface area contributed by atoms with Crippen LogP contribution in [0.15, 0.2) is 54.9 Å². The number of carbonyl (C=O) groups is 1. The first-order chi connectivity index (χ1) is 18.4. The van der Waals surface area contributed by atoms with Crippen molar-refractivity contribution in [2.45, 2.75) is 57.7 Å². The highest BCUT2D eigenvalue weighted by molar-refractivity contribution is 5.89. The van der Waals surface area contributed by atoms with Gasteiger partial charge in [0.1, 0.15) is 17.4 Å². The summed E-state index contributed by atoms with van der Waals surface area (Å²) in [5, 5.41) is 22.8. The van der Waals surface area contributed by atoms with Gasteiger partial charge >= 0.3 is 5.97 Å². The molecule has 0 saturated heterocycles. The second-order valence-corrected chi connectivity index (χ2v) is 10.5. The molecule has 0 amide bonds. The summed E-state index contributed by atoms with van der Waals surface area (Å²) >= 11 is 0. The van der Waals surface area contributed by atoms with Crippen LogP contribution in [-0.4, -0.2) is 53.4 Å². The van der Waals surface area contributed by atoms with Gasteiger partial charge in [0.2, 0.25) is 0 Å². The van der Waals surface area contributed by atoms with Crippen LogP contribution in [0.4, 0.5) is 0 Å². The molecule has 1 N–H and O–H groups in total. The van der Waals surface area contributed by atoms with Crippen LogP contribution in [0, 0.1) is 6.92 Å². The lowest BCUT2D eigenvalue weighted by Gasteiger charge is -2.24. The van der Waals surface area contributed by atoms with Crippen LogP contribution in [0.5, 0.6) is 5.75 Å². The third-order valence-electron chi connectivity index (χ3n) is 7.73. The van der Waals surface area contributed by atoms with Crippen LogP contribution in [0.1, 0.15) is 70.0 Å². The zero-order valence-electron chi connectivity index (χ0n) is 21.9. The Hall–Kier alpha value is -3.98. The Morgan fingerprint density at radius 1 is 1.18 bits per heavy atom. The topological polar surface area (TPSA) is 98.3 Å². The maximum absolute atomic E-state index is 12.1. The second-order valence-electron chi connectivity index (χ2n) is 10.5. The molecular formula is C29H32N6O3. The number of aromatic nitrogens is 5. The third-order valence-corrected chi connectivity index (χ3v) is 7.73. The van der Waals surface area contributed by atoms with Gasteiger partial charge in [-0.1, -0.05) is 36.4 Å². The van der Waals surface area contributed by atoms with Gasteiger partial charge in [0, 0.05) is 50.3 Å². The van der Waals surface area contributed by atoms with E-state index in [1.165, 1.54) is 22.9 Å². The Balaban J connectivity index is 1.31. The minimum absolute atomic E-state index is 0.0367. The first-order valence-corrected chi connectivity index (χ1v) is 13.2. The van der Waals surface area contributed by atoms with Gasteiger partial charge in [-0.2, -0.15) is 5.10 Å². The highest BCUT2D eigenvalue weighted by Gasteiger charge is 2.46. The zero-order chi connectivity index (χ0) is 26.4. The lowest BCUT2D eigenvalue weighted by Crippen LogP contribution is -2.32. The fourth-order valence-corrected chi connectivity index (χ4v) is 5.54. The van der Waals surface area contributed by atoms with E-state index in [1.807, 2.05) is 30.1 Å². The number of fused-ring (bicyclic) bond motifs is 1. The third kappa shape index (κ3) is 4.58. The summed E-state index contributed by atoms with van der Waals surface area (Å²) in [5.41, 5.74) is 6.31. The first kappa shape index (κ1) is 24.4. The van der Waals surface area contributed by atoms with Gasteiger partial charge in [-0.05, 0) is 49.1 Å².